The zero-order valence-corrected chi connectivity index (χ0v) is 21.1. The molecule has 36 heavy (non-hydrogen) atoms. The highest BCUT2D eigenvalue weighted by Crippen LogP contribution is 2.30. The highest BCUT2D eigenvalue weighted by atomic mass is 16.2. The summed E-state index contributed by atoms with van der Waals surface area (Å²) < 4.78 is 0. The standard InChI is InChI=1S/C28H36N4O4/c1-3-17-29-25(33)19-9-13-23(14-10-19)31-27(35)21-5-7-22(8-6-21)28(36)32-24-15-11-20(12-16-24)26(34)30-18-4-2/h9-16,21-22H,3-8,17-18H2,1-2H3,(H,29,33)(H,30,34)(H,31,35)(H,32,36). The van der Waals surface area contributed by atoms with Crippen LogP contribution in [-0.2, 0) is 9.59 Å². The van der Waals surface area contributed by atoms with Crippen molar-refractivity contribution >= 4 is 35.0 Å². The molecule has 1 aliphatic rings. The van der Waals surface area contributed by atoms with E-state index in [1.165, 1.54) is 0 Å². The van der Waals surface area contributed by atoms with E-state index < -0.39 is 0 Å². The Labute approximate surface area is 212 Å². The Hall–Kier alpha value is -3.68. The molecule has 0 saturated heterocycles. The number of benzene rings is 2. The van der Waals surface area contributed by atoms with E-state index in [0.717, 1.165) is 12.8 Å². The third-order valence-corrected chi connectivity index (χ3v) is 6.37. The third kappa shape index (κ3) is 7.66. The first-order valence-electron chi connectivity index (χ1n) is 12.8. The summed E-state index contributed by atoms with van der Waals surface area (Å²) in [4.78, 5) is 49.5. The van der Waals surface area contributed by atoms with E-state index in [2.05, 4.69) is 21.3 Å². The number of hydrogen-bond acceptors (Lipinski definition) is 4. The first-order chi connectivity index (χ1) is 17.4. The number of rotatable bonds is 10. The van der Waals surface area contributed by atoms with Gasteiger partial charge in [-0.2, -0.15) is 0 Å². The Morgan fingerprint density at radius 1 is 0.611 bits per heavy atom. The maximum atomic E-state index is 12.7. The molecule has 1 fully saturated rings. The molecule has 0 unspecified atom stereocenters. The predicted molar refractivity (Wildman–Crippen MR) is 141 cm³/mol. The molecule has 2 aromatic carbocycles. The van der Waals surface area contributed by atoms with E-state index in [1.54, 1.807) is 48.5 Å². The molecule has 0 aromatic heterocycles. The first-order valence-corrected chi connectivity index (χ1v) is 12.8. The molecule has 1 saturated carbocycles. The molecule has 0 aliphatic heterocycles. The van der Waals surface area contributed by atoms with Crippen LogP contribution in [0.3, 0.4) is 0 Å². The van der Waals surface area contributed by atoms with Crippen LogP contribution in [0, 0.1) is 11.8 Å². The summed E-state index contributed by atoms with van der Waals surface area (Å²) >= 11 is 0. The summed E-state index contributed by atoms with van der Waals surface area (Å²) in [5, 5.41) is 11.5. The highest BCUT2D eigenvalue weighted by molar-refractivity contribution is 5.97. The summed E-state index contributed by atoms with van der Waals surface area (Å²) in [5.74, 6) is -0.674. The molecule has 0 bridgehead atoms. The van der Waals surface area contributed by atoms with Crippen molar-refractivity contribution in [2.45, 2.75) is 52.4 Å². The molecular weight excluding hydrogens is 456 g/mol. The van der Waals surface area contributed by atoms with Crippen LogP contribution in [0.15, 0.2) is 48.5 Å². The molecule has 0 radical (unpaired) electrons. The molecule has 1 aliphatic carbocycles. The van der Waals surface area contributed by atoms with Gasteiger partial charge < -0.3 is 21.3 Å². The van der Waals surface area contributed by atoms with E-state index in [4.69, 9.17) is 0 Å². The van der Waals surface area contributed by atoms with Gasteiger partial charge in [-0.1, -0.05) is 13.8 Å². The minimum absolute atomic E-state index is 0.0611. The smallest absolute Gasteiger partial charge is 0.251 e. The van der Waals surface area contributed by atoms with Gasteiger partial charge in [-0.15, -0.1) is 0 Å². The molecule has 4 amide bonds. The molecule has 192 valence electrons. The van der Waals surface area contributed by atoms with Crippen molar-refractivity contribution in [2.24, 2.45) is 11.8 Å². The fourth-order valence-electron chi connectivity index (χ4n) is 4.20. The van der Waals surface area contributed by atoms with E-state index in [1.807, 2.05) is 13.8 Å². The lowest BCUT2D eigenvalue weighted by atomic mass is 9.81. The topological polar surface area (TPSA) is 116 Å². The zero-order chi connectivity index (χ0) is 25.9. The number of hydrogen-bond donors (Lipinski definition) is 4. The fourth-order valence-corrected chi connectivity index (χ4v) is 4.20. The second kappa shape index (κ2) is 13.4. The molecule has 0 atom stereocenters. The van der Waals surface area contributed by atoms with Crippen LogP contribution >= 0.6 is 0 Å². The van der Waals surface area contributed by atoms with Crippen molar-refractivity contribution in [1.29, 1.82) is 0 Å². The number of nitrogens with one attached hydrogen (secondary N) is 4. The largest absolute Gasteiger partial charge is 0.352 e. The lowest BCUT2D eigenvalue weighted by Crippen LogP contribution is -2.32. The molecule has 3 rings (SSSR count). The van der Waals surface area contributed by atoms with Gasteiger partial charge in [0.05, 0.1) is 0 Å². The molecule has 0 spiro atoms. The predicted octanol–water partition coefficient (Wildman–Crippen LogP) is 4.35. The second-order valence-electron chi connectivity index (χ2n) is 9.19. The maximum absolute atomic E-state index is 12.7. The summed E-state index contributed by atoms with van der Waals surface area (Å²) in [6, 6.07) is 13.7. The number of amides is 4. The van der Waals surface area contributed by atoms with Crippen molar-refractivity contribution in [3.63, 3.8) is 0 Å². The SMILES string of the molecule is CCCNC(=O)c1ccc(NC(=O)C2CCC(C(=O)Nc3ccc(C(=O)NCCC)cc3)CC2)cc1. The van der Waals surface area contributed by atoms with Crippen molar-refractivity contribution in [1.82, 2.24) is 10.6 Å². The molecular formula is C28H36N4O4. The fraction of sp³-hybridized carbons (Fsp3) is 0.429. The highest BCUT2D eigenvalue weighted by Gasteiger charge is 2.30. The second-order valence-corrected chi connectivity index (χ2v) is 9.19. The molecule has 0 heterocycles. The summed E-state index contributed by atoms with van der Waals surface area (Å²) in [5.41, 5.74) is 2.42. The Morgan fingerprint density at radius 2 is 0.944 bits per heavy atom. The Kier molecular flexibility index (Phi) is 10.0. The molecule has 8 nitrogen and oxygen atoms in total. The average molecular weight is 493 g/mol. The van der Waals surface area contributed by atoms with Crippen LogP contribution in [0.5, 0.6) is 0 Å². The van der Waals surface area contributed by atoms with Gasteiger partial charge in [0, 0.05) is 47.4 Å². The van der Waals surface area contributed by atoms with Crippen molar-refractivity contribution < 1.29 is 19.2 Å². The molecule has 2 aromatic rings. The van der Waals surface area contributed by atoms with E-state index in [0.29, 0.717) is 61.3 Å². The van der Waals surface area contributed by atoms with Gasteiger partial charge in [0.2, 0.25) is 11.8 Å². The lowest BCUT2D eigenvalue weighted by Gasteiger charge is -2.27. The van der Waals surface area contributed by atoms with Gasteiger partial charge in [-0.05, 0) is 87.1 Å². The van der Waals surface area contributed by atoms with Crippen LogP contribution in [-0.4, -0.2) is 36.7 Å². The van der Waals surface area contributed by atoms with Crippen LogP contribution in [0.1, 0.15) is 73.1 Å². The Bertz CT molecular complexity index is 957. The van der Waals surface area contributed by atoms with Crippen molar-refractivity contribution in [3.05, 3.63) is 59.7 Å². The van der Waals surface area contributed by atoms with Crippen molar-refractivity contribution in [2.75, 3.05) is 23.7 Å². The van der Waals surface area contributed by atoms with E-state index >= 15 is 0 Å². The van der Waals surface area contributed by atoms with Gasteiger partial charge in [-0.3, -0.25) is 19.2 Å². The minimum Gasteiger partial charge on any atom is -0.352 e. The van der Waals surface area contributed by atoms with E-state index in [-0.39, 0.29) is 35.5 Å². The van der Waals surface area contributed by atoms with Crippen LogP contribution in [0.4, 0.5) is 11.4 Å². The number of carbonyl (C=O) groups is 4. The Balaban J connectivity index is 1.44. The number of carbonyl (C=O) groups excluding carboxylic acids is 4. The normalized spacial score (nSPS) is 17.1. The van der Waals surface area contributed by atoms with Crippen molar-refractivity contribution in [3.8, 4) is 0 Å². The van der Waals surface area contributed by atoms with Crippen LogP contribution in [0.25, 0.3) is 0 Å². The average Bonchev–Trinajstić information content (AvgIpc) is 2.91. The van der Waals surface area contributed by atoms with E-state index in [9.17, 15) is 19.2 Å². The minimum atomic E-state index is -0.150. The van der Waals surface area contributed by atoms with Crippen LogP contribution < -0.4 is 21.3 Å². The quantitative estimate of drug-likeness (QED) is 0.394. The third-order valence-electron chi connectivity index (χ3n) is 6.37. The van der Waals surface area contributed by atoms with Gasteiger partial charge in [0.25, 0.3) is 11.8 Å². The van der Waals surface area contributed by atoms with Gasteiger partial charge in [0.15, 0.2) is 0 Å². The molecule has 8 heteroatoms. The zero-order valence-electron chi connectivity index (χ0n) is 21.1. The summed E-state index contributed by atoms with van der Waals surface area (Å²) in [6.07, 6.45) is 4.29. The summed E-state index contributed by atoms with van der Waals surface area (Å²) in [6.45, 7) is 5.24. The number of anilines is 2. The molecule has 4 N–H and O–H groups in total. The lowest BCUT2D eigenvalue weighted by molar-refractivity contribution is -0.125. The Morgan fingerprint density at radius 3 is 1.25 bits per heavy atom. The monoisotopic (exact) mass is 492 g/mol. The van der Waals surface area contributed by atoms with Gasteiger partial charge >= 0.3 is 0 Å². The first kappa shape index (κ1) is 26.9. The van der Waals surface area contributed by atoms with Crippen LogP contribution in [0.2, 0.25) is 0 Å². The van der Waals surface area contributed by atoms with Gasteiger partial charge in [-0.25, -0.2) is 0 Å². The van der Waals surface area contributed by atoms with Gasteiger partial charge in [0.1, 0.15) is 0 Å². The maximum Gasteiger partial charge on any atom is 0.251 e. The summed E-state index contributed by atoms with van der Waals surface area (Å²) in [7, 11) is 0.